The van der Waals surface area contributed by atoms with Crippen LogP contribution in [0, 0.1) is 3.57 Å². The molecule has 244 valence electrons. The molecule has 0 aliphatic carbocycles. The van der Waals surface area contributed by atoms with E-state index in [4.69, 9.17) is 35.3 Å². The second kappa shape index (κ2) is 16.4. The molecular weight excluding hydrogens is 731 g/mol. The van der Waals surface area contributed by atoms with E-state index in [2.05, 4.69) is 43.8 Å². The van der Waals surface area contributed by atoms with Crippen LogP contribution < -0.4 is 35.0 Å². The Kier molecular flexibility index (Phi) is 12.3. The summed E-state index contributed by atoms with van der Waals surface area (Å²) in [5.41, 5.74) is 5.51. The molecule has 2 amide bonds. The van der Waals surface area contributed by atoms with Gasteiger partial charge in [-0.2, -0.15) is 5.10 Å². The van der Waals surface area contributed by atoms with E-state index in [1.54, 1.807) is 44.4 Å². The van der Waals surface area contributed by atoms with Crippen molar-refractivity contribution in [2.45, 2.75) is 32.7 Å². The smallest absolute Gasteiger partial charge is 0.337 e. The first-order valence-corrected chi connectivity index (χ1v) is 15.6. The lowest BCUT2D eigenvalue weighted by Crippen LogP contribution is -2.45. The molecule has 0 saturated heterocycles. The number of hydrogen-bond donors (Lipinski definition) is 4. The number of esters is 1. The zero-order valence-electron chi connectivity index (χ0n) is 25.6. The third-order valence-electron chi connectivity index (χ3n) is 6.63. The van der Waals surface area contributed by atoms with Gasteiger partial charge in [0.1, 0.15) is 13.2 Å². The van der Waals surface area contributed by atoms with E-state index in [-0.39, 0.29) is 12.2 Å². The number of amides is 2. The Morgan fingerprint density at radius 2 is 1.91 bits per heavy atom. The van der Waals surface area contributed by atoms with Crippen LogP contribution in [-0.4, -0.2) is 57.0 Å². The van der Waals surface area contributed by atoms with Crippen molar-refractivity contribution in [1.29, 1.82) is 0 Å². The van der Waals surface area contributed by atoms with Gasteiger partial charge in [-0.1, -0.05) is 29.8 Å². The van der Waals surface area contributed by atoms with Crippen LogP contribution in [0.5, 0.6) is 23.0 Å². The van der Waals surface area contributed by atoms with Gasteiger partial charge in [0, 0.05) is 10.7 Å². The van der Waals surface area contributed by atoms with E-state index in [0.717, 1.165) is 9.13 Å². The predicted molar refractivity (Wildman–Crippen MR) is 180 cm³/mol. The normalized spacial score (nSPS) is 15.1. The molecule has 4 N–H and O–H groups in total. The first-order valence-electron chi connectivity index (χ1n) is 14.1. The van der Waals surface area contributed by atoms with Gasteiger partial charge < -0.3 is 39.4 Å². The van der Waals surface area contributed by atoms with Crippen LogP contribution in [0.4, 0.5) is 4.79 Å². The Labute approximate surface area is 285 Å². The lowest BCUT2D eigenvalue weighted by atomic mass is 9.95. The van der Waals surface area contributed by atoms with Gasteiger partial charge in [0.15, 0.2) is 29.2 Å². The number of urea groups is 1. The molecule has 3 aromatic rings. The summed E-state index contributed by atoms with van der Waals surface area (Å²) in [5.74, 6) is 1.26. The summed E-state index contributed by atoms with van der Waals surface area (Å²) in [4.78, 5) is 24.6. The number of halogens is 2. The SMILES string of the molecule is CCOc1cc([C@H]2NC(=O)NC(C)=C2C(=O)OC)ccc1OC[C@@H](O)N/N=C/c1cc(I)c(OCc2cccc(Cl)c2)c(OC)c1. The number of aliphatic hydroxyl groups excluding tert-OH is 1. The fourth-order valence-electron chi connectivity index (χ4n) is 4.56. The minimum atomic E-state index is -1.16. The van der Waals surface area contributed by atoms with E-state index >= 15 is 0 Å². The molecule has 1 heterocycles. The van der Waals surface area contributed by atoms with Gasteiger partial charge in [-0.05, 0) is 89.5 Å². The number of ether oxygens (including phenoxy) is 5. The summed E-state index contributed by atoms with van der Waals surface area (Å²) in [7, 11) is 2.83. The fraction of sp³-hybridized carbons (Fsp3) is 0.281. The van der Waals surface area contributed by atoms with Crippen LogP contribution >= 0.6 is 34.2 Å². The summed E-state index contributed by atoms with van der Waals surface area (Å²) >= 11 is 8.24. The molecule has 0 saturated carbocycles. The van der Waals surface area contributed by atoms with E-state index in [1.807, 2.05) is 31.2 Å². The van der Waals surface area contributed by atoms with Crippen LogP contribution in [0.2, 0.25) is 5.02 Å². The largest absolute Gasteiger partial charge is 0.493 e. The number of hydrogen-bond acceptors (Lipinski definition) is 10. The molecular formula is C32H34ClIN4O8. The number of hydrazone groups is 1. The van der Waals surface area contributed by atoms with Crippen LogP contribution in [0.25, 0.3) is 0 Å². The second-order valence-electron chi connectivity index (χ2n) is 9.87. The lowest BCUT2D eigenvalue weighted by molar-refractivity contribution is -0.136. The third kappa shape index (κ3) is 8.95. The van der Waals surface area contributed by atoms with E-state index in [9.17, 15) is 14.7 Å². The van der Waals surface area contributed by atoms with Crippen LogP contribution in [-0.2, 0) is 16.1 Å². The number of carbonyl (C=O) groups is 2. The fourth-order valence-corrected chi connectivity index (χ4v) is 5.55. The second-order valence-corrected chi connectivity index (χ2v) is 11.5. The number of allylic oxidation sites excluding steroid dienone is 1. The first kappa shape index (κ1) is 34.7. The molecule has 0 aromatic heterocycles. The molecule has 0 spiro atoms. The van der Waals surface area contributed by atoms with Crippen molar-refractivity contribution >= 4 is 52.4 Å². The summed E-state index contributed by atoms with van der Waals surface area (Å²) in [6.45, 7) is 3.92. The van der Waals surface area contributed by atoms with Crippen LogP contribution in [0.3, 0.4) is 0 Å². The van der Waals surface area contributed by atoms with Crippen LogP contribution in [0.15, 0.2) is 71.0 Å². The van der Waals surface area contributed by atoms with Crippen LogP contribution in [0.1, 0.15) is 36.6 Å². The van der Waals surface area contributed by atoms with Crippen molar-refractivity contribution < 1.29 is 38.4 Å². The minimum Gasteiger partial charge on any atom is -0.493 e. The van der Waals surface area contributed by atoms with Gasteiger partial charge in [0.25, 0.3) is 0 Å². The Morgan fingerprint density at radius 1 is 1.11 bits per heavy atom. The Hall–Kier alpha value is -4.21. The molecule has 3 aromatic carbocycles. The highest BCUT2D eigenvalue weighted by molar-refractivity contribution is 14.1. The Bertz CT molecular complexity index is 1630. The maximum absolute atomic E-state index is 12.5. The molecule has 12 nitrogen and oxygen atoms in total. The maximum Gasteiger partial charge on any atom is 0.337 e. The number of carbonyl (C=O) groups excluding carboxylic acids is 2. The van der Waals surface area contributed by atoms with E-state index in [1.165, 1.54) is 13.3 Å². The number of rotatable bonds is 14. The standard InChI is InChI=1S/C32H34ClIN4O8/c1-5-44-25-14-21(29-28(31(40)43-4)18(2)36-32(41)37-29)9-10-24(25)45-17-27(39)38-35-15-20-12-23(34)30(26(13-20)42-3)46-16-19-7-6-8-22(33)11-19/h6-15,27,29,38-39H,5,16-17H2,1-4H3,(H2,36,37,41)/b35-15+/t27-,29-/m1/s1. The maximum atomic E-state index is 12.5. The number of aliphatic hydroxyl groups is 1. The summed E-state index contributed by atoms with van der Waals surface area (Å²) < 4.78 is 28.8. The average molecular weight is 765 g/mol. The predicted octanol–water partition coefficient (Wildman–Crippen LogP) is 5.05. The highest BCUT2D eigenvalue weighted by Crippen LogP contribution is 2.36. The summed E-state index contributed by atoms with van der Waals surface area (Å²) in [6.07, 6.45) is 0.378. The molecule has 1 aliphatic rings. The van der Waals surface area contributed by atoms with E-state index < -0.39 is 24.3 Å². The van der Waals surface area contributed by atoms with Gasteiger partial charge in [-0.25, -0.2) is 9.59 Å². The van der Waals surface area contributed by atoms with Gasteiger partial charge in [-0.3, -0.25) is 5.43 Å². The Morgan fingerprint density at radius 3 is 2.63 bits per heavy atom. The van der Waals surface area contributed by atoms with E-state index in [0.29, 0.717) is 58.1 Å². The third-order valence-corrected chi connectivity index (χ3v) is 7.67. The minimum absolute atomic E-state index is 0.162. The first-order chi connectivity index (χ1) is 22.1. The quantitative estimate of drug-likeness (QED) is 0.0582. The topological polar surface area (TPSA) is 149 Å². The molecule has 1 aliphatic heterocycles. The molecule has 0 radical (unpaired) electrons. The lowest BCUT2D eigenvalue weighted by Gasteiger charge is -2.28. The number of benzene rings is 3. The van der Waals surface area contributed by atoms with Gasteiger partial charge >= 0.3 is 12.0 Å². The molecule has 0 unspecified atom stereocenters. The monoisotopic (exact) mass is 764 g/mol. The number of nitrogens with zero attached hydrogens (tertiary/aromatic N) is 1. The van der Waals surface area contributed by atoms with Gasteiger partial charge in [0.2, 0.25) is 0 Å². The van der Waals surface area contributed by atoms with Crippen molar-refractivity contribution in [3.63, 3.8) is 0 Å². The summed E-state index contributed by atoms with van der Waals surface area (Å²) in [5, 5.41) is 20.6. The van der Waals surface area contributed by atoms with Crippen molar-refractivity contribution in [3.8, 4) is 23.0 Å². The van der Waals surface area contributed by atoms with Gasteiger partial charge in [-0.15, -0.1) is 0 Å². The molecule has 0 bridgehead atoms. The molecule has 0 fully saturated rings. The molecule has 14 heteroatoms. The highest BCUT2D eigenvalue weighted by Gasteiger charge is 2.32. The molecule has 2 atom stereocenters. The van der Waals surface area contributed by atoms with Crippen molar-refractivity contribution in [2.24, 2.45) is 5.10 Å². The summed E-state index contributed by atoms with van der Waals surface area (Å²) in [6, 6.07) is 14.9. The average Bonchev–Trinajstić information content (AvgIpc) is 3.03. The zero-order chi connectivity index (χ0) is 33.2. The molecule has 4 rings (SSSR count). The van der Waals surface area contributed by atoms with Crippen molar-refractivity contribution in [1.82, 2.24) is 16.1 Å². The number of methoxy groups -OCH3 is 2. The number of nitrogens with one attached hydrogen (secondary N) is 3. The molecule has 46 heavy (non-hydrogen) atoms. The van der Waals surface area contributed by atoms with Gasteiger partial charge in [0.05, 0.1) is 42.2 Å². The zero-order valence-corrected chi connectivity index (χ0v) is 28.5. The highest BCUT2D eigenvalue weighted by atomic mass is 127. The van der Waals surface area contributed by atoms with Crippen molar-refractivity contribution in [3.05, 3.63) is 91.2 Å². The Balaban J connectivity index is 1.39. The van der Waals surface area contributed by atoms with Crippen molar-refractivity contribution in [2.75, 3.05) is 27.4 Å².